The maximum atomic E-state index is 9.49. The molecule has 0 atom stereocenters. The molecule has 3 heterocycles. The molecule has 0 bridgehead atoms. The van der Waals surface area contributed by atoms with Crippen molar-refractivity contribution in [3.8, 4) is 22.9 Å². The number of hydrogen-bond donors (Lipinski definition) is 0. The number of rotatable bonds is 2. The minimum atomic E-state index is 0.628. The average molecular weight is 541 g/mol. The van der Waals surface area contributed by atoms with E-state index in [4.69, 9.17) is 4.42 Å². The lowest BCUT2D eigenvalue weighted by Crippen LogP contribution is -1.97. The molecule has 0 spiro atoms. The Morgan fingerprint density at radius 3 is 2.24 bits per heavy atom. The summed E-state index contributed by atoms with van der Waals surface area (Å²) in [6.45, 7) is 0. The van der Waals surface area contributed by atoms with Gasteiger partial charge in [0.15, 0.2) is 0 Å². The van der Waals surface area contributed by atoms with E-state index in [0.29, 0.717) is 5.56 Å². The predicted octanol–water partition coefficient (Wildman–Crippen LogP) is 10.6. The summed E-state index contributed by atoms with van der Waals surface area (Å²) in [4.78, 5) is 0. The third-order valence-electron chi connectivity index (χ3n) is 8.23. The van der Waals surface area contributed by atoms with Gasteiger partial charge in [0.25, 0.3) is 0 Å². The first kappa shape index (κ1) is 22.4. The van der Waals surface area contributed by atoms with Crippen LogP contribution in [-0.2, 0) is 0 Å². The zero-order chi connectivity index (χ0) is 27.1. The molecule has 0 saturated heterocycles. The lowest BCUT2D eigenvalue weighted by molar-refractivity contribution is 0.669. The molecule has 9 rings (SSSR count). The molecule has 0 aliphatic heterocycles. The molecule has 0 unspecified atom stereocenters. The number of para-hydroxylation sites is 2. The van der Waals surface area contributed by atoms with E-state index in [2.05, 4.69) is 108 Å². The first-order valence-corrected chi connectivity index (χ1v) is 14.4. The summed E-state index contributed by atoms with van der Waals surface area (Å²) in [6.07, 6.45) is 0. The third kappa shape index (κ3) is 3.12. The van der Waals surface area contributed by atoms with E-state index in [-0.39, 0.29) is 0 Å². The van der Waals surface area contributed by atoms with E-state index in [1.165, 1.54) is 42.0 Å². The maximum absolute atomic E-state index is 9.49. The molecule has 0 fully saturated rings. The lowest BCUT2D eigenvalue weighted by atomic mass is 10.0. The van der Waals surface area contributed by atoms with Crippen LogP contribution in [0, 0.1) is 11.3 Å². The Morgan fingerprint density at radius 1 is 0.610 bits per heavy atom. The highest BCUT2D eigenvalue weighted by Crippen LogP contribution is 2.44. The second-order valence-electron chi connectivity index (χ2n) is 10.4. The Kier molecular flexibility index (Phi) is 4.55. The number of thiophene rings is 1. The normalized spacial score (nSPS) is 11.9. The second kappa shape index (κ2) is 8.32. The number of hydrogen-bond acceptors (Lipinski definition) is 3. The molecular weight excluding hydrogens is 520 g/mol. The second-order valence-corrected chi connectivity index (χ2v) is 11.5. The van der Waals surface area contributed by atoms with Crippen molar-refractivity contribution >= 4 is 75.3 Å². The number of benzene rings is 6. The van der Waals surface area contributed by atoms with Crippen molar-refractivity contribution in [2.45, 2.75) is 0 Å². The number of aromatic nitrogens is 1. The maximum Gasteiger partial charge on any atom is 0.135 e. The molecule has 41 heavy (non-hydrogen) atoms. The molecule has 190 valence electrons. The van der Waals surface area contributed by atoms with Crippen LogP contribution < -0.4 is 0 Å². The van der Waals surface area contributed by atoms with Crippen molar-refractivity contribution in [1.82, 2.24) is 4.57 Å². The number of fused-ring (bicyclic) bond motifs is 10. The van der Waals surface area contributed by atoms with E-state index >= 15 is 0 Å². The van der Waals surface area contributed by atoms with Crippen LogP contribution in [0.3, 0.4) is 0 Å². The Hall–Kier alpha value is -5.37. The largest absolute Gasteiger partial charge is 0.456 e. The summed E-state index contributed by atoms with van der Waals surface area (Å²) in [5, 5.41) is 16.6. The molecule has 3 aromatic heterocycles. The topological polar surface area (TPSA) is 41.9 Å². The Bertz CT molecular complexity index is 2560. The standard InChI is InChI=1S/C37H20N2OS/c38-21-22-13-17-33-29(19-22)30-20-23(14-18-34(30)40-33)24-7-1-4-10-31(24)39-32-11-5-2-8-25(32)27-15-16-28-26-9-3-6-12-35(26)41-37(28)36(27)39/h1-20H. The smallest absolute Gasteiger partial charge is 0.135 e. The Labute approximate surface area is 238 Å². The van der Waals surface area contributed by atoms with Crippen LogP contribution in [0.1, 0.15) is 5.56 Å². The minimum absolute atomic E-state index is 0.628. The number of nitriles is 1. The van der Waals surface area contributed by atoms with Crippen molar-refractivity contribution in [1.29, 1.82) is 5.26 Å². The molecule has 4 heteroatoms. The molecule has 0 aliphatic rings. The first-order valence-electron chi connectivity index (χ1n) is 13.6. The van der Waals surface area contributed by atoms with Crippen LogP contribution in [0.25, 0.3) is 80.7 Å². The summed E-state index contributed by atoms with van der Waals surface area (Å²) >= 11 is 1.87. The molecule has 0 amide bonds. The minimum Gasteiger partial charge on any atom is -0.456 e. The fourth-order valence-corrected chi connectivity index (χ4v) is 7.65. The summed E-state index contributed by atoms with van der Waals surface area (Å²) in [5.41, 5.74) is 8.05. The molecule has 0 N–H and O–H groups in total. The van der Waals surface area contributed by atoms with Crippen molar-refractivity contribution < 1.29 is 4.42 Å². The average Bonchev–Trinajstić information content (AvgIpc) is 3.69. The van der Waals surface area contributed by atoms with Crippen LogP contribution in [0.4, 0.5) is 0 Å². The fourth-order valence-electron chi connectivity index (χ4n) is 6.41. The Balaban J connectivity index is 1.38. The van der Waals surface area contributed by atoms with Gasteiger partial charge < -0.3 is 8.98 Å². The van der Waals surface area contributed by atoms with E-state index in [9.17, 15) is 5.26 Å². The van der Waals surface area contributed by atoms with Gasteiger partial charge in [0, 0.05) is 42.6 Å². The summed E-state index contributed by atoms with van der Waals surface area (Å²) in [6, 6.07) is 44.9. The zero-order valence-corrected chi connectivity index (χ0v) is 22.6. The van der Waals surface area contributed by atoms with Gasteiger partial charge in [0.05, 0.1) is 33.1 Å². The monoisotopic (exact) mass is 540 g/mol. The Morgan fingerprint density at radius 2 is 1.34 bits per heavy atom. The van der Waals surface area contributed by atoms with Crippen LogP contribution in [0.15, 0.2) is 126 Å². The lowest BCUT2D eigenvalue weighted by Gasteiger charge is -2.14. The van der Waals surface area contributed by atoms with Crippen LogP contribution >= 0.6 is 11.3 Å². The van der Waals surface area contributed by atoms with E-state index in [1.54, 1.807) is 6.07 Å². The van der Waals surface area contributed by atoms with Gasteiger partial charge in [-0.3, -0.25) is 0 Å². The molecule has 6 aromatic carbocycles. The first-order chi connectivity index (χ1) is 20.3. The molecule has 3 nitrogen and oxygen atoms in total. The number of furan rings is 1. The highest BCUT2D eigenvalue weighted by Gasteiger charge is 2.20. The van der Waals surface area contributed by atoms with Gasteiger partial charge in [-0.1, -0.05) is 72.8 Å². The highest BCUT2D eigenvalue weighted by atomic mass is 32.1. The van der Waals surface area contributed by atoms with Gasteiger partial charge in [-0.15, -0.1) is 11.3 Å². The highest BCUT2D eigenvalue weighted by molar-refractivity contribution is 7.26. The van der Waals surface area contributed by atoms with Crippen molar-refractivity contribution in [2.24, 2.45) is 0 Å². The van der Waals surface area contributed by atoms with Gasteiger partial charge >= 0.3 is 0 Å². The summed E-state index contributed by atoms with van der Waals surface area (Å²) in [7, 11) is 0. The van der Waals surface area contributed by atoms with Crippen molar-refractivity contribution in [3.05, 3.63) is 127 Å². The zero-order valence-electron chi connectivity index (χ0n) is 21.8. The van der Waals surface area contributed by atoms with Crippen molar-refractivity contribution in [2.75, 3.05) is 0 Å². The fraction of sp³-hybridized carbons (Fsp3) is 0. The van der Waals surface area contributed by atoms with Gasteiger partial charge in [0.1, 0.15) is 11.2 Å². The van der Waals surface area contributed by atoms with Gasteiger partial charge in [-0.25, -0.2) is 0 Å². The number of nitrogens with zero attached hydrogens (tertiary/aromatic N) is 2. The summed E-state index contributed by atoms with van der Waals surface area (Å²) in [5.74, 6) is 0. The van der Waals surface area contributed by atoms with E-state index < -0.39 is 0 Å². The van der Waals surface area contributed by atoms with Crippen LogP contribution in [-0.4, -0.2) is 4.57 Å². The predicted molar refractivity (Wildman–Crippen MR) is 171 cm³/mol. The molecule has 0 radical (unpaired) electrons. The third-order valence-corrected chi connectivity index (χ3v) is 9.43. The van der Waals surface area contributed by atoms with Gasteiger partial charge in [0.2, 0.25) is 0 Å². The van der Waals surface area contributed by atoms with Gasteiger partial charge in [-0.05, 0) is 54.1 Å². The molecule has 0 aliphatic carbocycles. The van der Waals surface area contributed by atoms with E-state index in [0.717, 1.165) is 38.8 Å². The van der Waals surface area contributed by atoms with E-state index in [1.807, 2.05) is 29.5 Å². The van der Waals surface area contributed by atoms with Gasteiger partial charge in [-0.2, -0.15) is 5.26 Å². The molecule has 9 aromatic rings. The molecule has 0 saturated carbocycles. The SMILES string of the molecule is N#Cc1ccc2oc3ccc(-c4ccccc4-n4c5ccccc5c5ccc6c7ccccc7sc6c54)cc3c2c1. The van der Waals surface area contributed by atoms with Crippen molar-refractivity contribution in [3.63, 3.8) is 0 Å². The molecular formula is C37H20N2OS. The van der Waals surface area contributed by atoms with Crippen LogP contribution in [0.5, 0.6) is 0 Å². The quantitative estimate of drug-likeness (QED) is 0.219. The summed E-state index contributed by atoms with van der Waals surface area (Å²) < 4.78 is 11.2. The van der Waals surface area contributed by atoms with Crippen LogP contribution in [0.2, 0.25) is 0 Å².